The van der Waals surface area contributed by atoms with Crippen LogP contribution >= 0.6 is 35.3 Å². The standard InChI is InChI=1S/C17H31N5O2S2.HI/c1-4-15-13-20-16(25-15)7-10-19-17(18-5-2)21-14-8-11-22(12-9-14)26(23,24)6-3;/h13-14H,4-12H2,1-3H3,(H2,18,19,21);1H. The topological polar surface area (TPSA) is 86.7 Å². The normalized spacial score (nSPS) is 16.8. The van der Waals surface area contributed by atoms with Gasteiger partial charge in [-0.1, -0.05) is 6.92 Å². The molecule has 0 aliphatic carbocycles. The fraction of sp³-hybridized carbons (Fsp3) is 0.765. The van der Waals surface area contributed by atoms with Crippen LogP contribution < -0.4 is 10.6 Å². The number of sulfonamides is 1. The zero-order chi connectivity index (χ0) is 19.0. The molecule has 156 valence electrons. The van der Waals surface area contributed by atoms with E-state index in [0.717, 1.165) is 43.2 Å². The van der Waals surface area contributed by atoms with Gasteiger partial charge in [-0.3, -0.25) is 4.99 Å². The fourth-order valence-corrected chi connectivity index (χ4v) is 4.85. The molecule has 0 bridgehead atoms. The summed E-state index contributed by atoms with van der Waals surface area (Å²) < 4.78 is 25.5. The van der Waals surface area contributed by atoms with E-state index in [1.165, 1.54) is 4.88 Å². The summed E-state index contributed by atoms with van der Waals surface area (Å²) >= 11 is 1.75. The number of thiazole rings is 1. The second-order valence-electron chi connectivity index (χ2n) is 6.30. The van der Waals surface area contributed by atoms with Gasteiger partial charge in [0.05, 0.1) is 10.8 Å². The SMILES string of the molecule is CCNC(=NCCc1ncc(CC)s1)NC1CCN(S(=O)(=O)CC)CC1.I. The van der Waals surface area contributed by atoms with E-state index in [2.05, 4.69) is 27.5 Å². The van der Waals surface area contributed by atoms with Gasteiger partial charge in [0.15, 0.2) is 5.96 Å². The first-order valence-electron chi connectivity index (χ1n) is 9.44. The summed E-state index contributed by atoms with van der Waals surface area (Å²) in [4.78, 5) is 10.4. The van der Waals surface area contributed by atoms with E-state index in [1.54, 1.807) is 22.6 Å². The molecule has 2 rings (SSSR count). The molecule has 1 aliphatic rings. The first-order chi connectivity index (χ1) is 12.5. The van der Waals surface area contributed by atoms with Crippen molar-refractivity contribution in [3.8, 4) is 0 Å². The Hall–Kier alpha value is -0.460. The molecule has 1 aromatic rings. The average Bonchev–Trinajstić information content (AvgIpc) is 3.10. The van der Waals surface area contributed by atoms with Crippen LogP contribution in [0, 0.1) is 0 Å². The molecule has 10 heteroatoms. The van der Waals surface area contributed by atoms with E-state index in [4.69, 9.17) is 0 Å². The van der Waals surface area contributed by atoms with E-state index in [-0.39, 0.29) is 35.8 Å². The lowest BCUT2D eigenvalue weighted by molar-refractivity contribution is 0.306. The minimum Gasteiger partial charge on any atom is -0.357 e. The van der Waals surface area contributed by atoms with Crippen molar-refractivity contribution >= 4 is 51.3 Å². The summed E-state index contributed by atoms with van der Waals surface area (Å²) in [5.74, 6) is 0.975. The fourth-order valence-electron chi connectivity index (χ4n) is 2.86. The van der Waals surface area contributed by atoms with Crippen LogP contribution in [0.15, 0.2) is 11.2 Å². The van der Waals surface area contributed by atoms with Crippen molar-refractivity contribution < 1.29 is 8.42 Å². The molecule has 0 aromatic carbocycles. The Morgan fingerprint density at radius 3 is 2.59 bits per heavy atom. The lowest BCUT2D eigenvalue weighted by Crippen LogP contribution is -2.50. The molecule has 2 heterocycles. The monoisotopic (exact) mass is 529 g/mol. The summed E-state index contributed by atoms with van der Waals surface area (Å²) in [6.07, 6.45) is 5.42. The van der Waals surface area contributed by atoms with Gasteiger partial charge in [0.1, 0.15) is 0 Å². The van der Waals surface area contributed by atoms with Gasteiger partial charge in [0, 0.05) is 49.7 Å². The third kappa shape index (κ3) is 7.82. The number of hydrogen-bond donors (Lipinski definition) is 2. The number of piperidine rings is 1. The molecule has 1 aliphatic heterocycles. The lowest BCUT2D eigenvalue weighted by Gasteiger charge is -2.32. The first-order valence-corrected chi connectivity index (χ1v) is 11.9. The third-order valence-electron chi connectivity index (χ3n) is 4.44. The zero-order valence-corrected chi connectivity index (χ0v) is 20.4. The van der Waals surface area contributed by atoms with Gasteiger partial charge < -0.3 is 10.6 Å². The number of nitrogens with zero attached hydrogens (tertiary/aromatic N) is 3. The average molecular weight is 530 g/mol. The van der Waals surface area contributed by atoms with Crippen molar-refractivity contribution in [1.82, 2.24) is 19.9 Å². The highest BCUT2D eigenvalue weighted by molar-refractivity contribution is 14.0. The van der Waals surface area contributed by atoms with E-state index in [1.807, 2.05) is 13.1 Å². The second kappa shape index (κ2) is 12.2. The number of nitrogens with one attached hydrogen (secondary N) is 2. The third-order valence-corrected chi connectivity index (χ3v) is 7.53. The van der Waals surface area contributed by atoms with Gasteiger partial charge in [-0.05, 0) is 33.1 Å². The van der Waals surface area contributed by atoms with Crippen LogP contribution in [-0.2, 0) is 22.9 Å². The Morgan fingerprint density at radius 2 is 2.04 bits per heavy atom. The van der Waals surface area contributed by atoms with Crippen molar-refractivity contribution in [2.45, 2.75) is 52.5 Å². The van der Waals surface area contributed by atoms with Crippen LogP contribution in [0.5, 0.6) is 0 Å². The molecule has 7 nitrogen and oxygen atoms in total. The first kappa shape index (κ1) is 24.6. The van der Waals surface area contributed by atoms with Crippen molar-refractivity contribution in [3.63, 3.8) is 0 Å². The molecule has 0 unspecified atom stereocenters. The van der Waals surface area contributed by atoms with Gasteiger partial charge in [-0.2, -0.15) is 0 Å². The quantitative estimate of drug-likeness (QED) is 0.307. The molecule has 0 amide bonds. The molecule has 0 spiro atoms. The summed E-state index contributed by atoms with van der Waals surface area (Å²) in [7, 11) is -3.07. The number of hydrogen-bond acceptors (Lipinski definition) is 5. The Labute approximate surface area is 184 Å². The van der Waals surface area contributed by atoms with E-state index in [0.29, 0.717) is 19.6 Å². The smallest absolute Gasteiger partial charge is 0.213 e. The van der Waals surface area contributed by atoms with Crippen LogP contribution in [0.2, 0.25) is 0 Å². The number of aromatic nitrogens is 1. The molecule has 1 aromatic heterocycles. The van der Waals surface area contributed by atoms with Gasteiger partial charge in [0.25, 0.3) is 0 Å². The largest absolute Gasteiger partial charge is 0.357 e. The van der Waals surface area contributed by atoms with Crippen molar-refractivity contribution in [2.75, 3.05) is 31.9 Å². The van der Waals surface area contributed by atoms with E-state index < -0.39 is 10.0 Å². The summed E-state index contributed by atoms with van der Waals surface area (Å²) in [5.41, 5.74) is 0. The second-order valence-corrected chi connectivity index (χ2v) is 9.76. The van der Waals surface area contributed by atoms with Gasteiger partial charge in [0.2, 0.25) is 10.0 Å². The van der Waals surface area contributed by atoms with Crippen LogP contribution in [-0.4, -0.2) is 61.6 Å². The maximum Gasteiger partial charge on any atom is 0.213 e. The molecule has 1 saturated heterocycles. The Morgan fingerprint density at radius 1 is 1.33 bits per heavy atom. The molecular formula is C17H32IN5O2S2. The Bertz CT molecular complexity index is 685. The van der Waals surface area contributed by atoms with Crippen molar-refractivity contribution in [3.05, 3.63) is 16.1 Å². The zero-order valence-electron chi connectivity index (χ0n) is 16.4. The predicted octanol–water partition coefficient (Wildman–Crippen LogP) is 2.24. The molecule has 2 N–H and O–H groups in total. The minimum atomic E-state index is -3.07. The van der Waals surface area contributed by atoms with Crippen LogP contribution in [0.3, 0.4) is 0 Å². The number of aryl methyl sites for hydroxylation is 1. The van der Waals surface area contributed by atoms with Gasteiger partial charge in [-0.15, -0.1) is 35.3 Å². The number of aliphatic imine (C=N–C) groups is 1. The summed E-state index contributed by atoms with van der Waals surface area (Å²) in [6, 6.07) is 0.252. The Balaban J connectivity index is 0.00000364. The van der Waals surface area contributed by atoms with Gasteiger partial charge >= 0.3 is 0 Å². The number of guanidine groups is 1. The van der Waals surface area contributed by atoms with Crippen molar-refractivity contribution in [1.29, 1.82) is 0 Å². The van der Waals surface area contributed by atoms with Crippen molar-refractivity contribution in [2.24, 2.45) is 4.99 Å². The maximum absolute atomic E-state index is 11.9. The van der Waals surface area contributed by atoms with Crippen LogP contribution in [0.4, 0.5) is 0 Å². The summed E-state index contributed by atoms with van der Waals surface area (Å²) in [5, 5.41) is 7.85. The predicted molar refractivity (Wildman–Crippen MR) is 124 cm³/mol. The lowest BCUT2D eigenvalue weighted by atomic mass is 10.1. The maximum atomic E-state index is 11.9. The molecule has 0 atom stereocenters. The van der Waals surface area contributed by atoms with Crippen LogP contribution in [0.25, 0.3) is 0 Å². The molecule has 1 fully saturated rings. The molecule has 27 heavy (non-hydrogen) atoms. The highest BCUT2D eigenvalue weighted by atomic mass is 127. The number of halogens is 1. The highest BCUT2D eigenvalue weighted by Gasteiger charge is 2.26. The van der Waals surface area contributed by atoms with Crippen LogP contribution in [0.1, 0.15) is 43.5 Å². The molecular weight excluding hydrogens is 497 g/mol. The number of rotatable bonds is 8. The minimum absolute atomic E-state index is 0. The molecule has 0 radical (unpaired) electrons. The summed E-state index contributed by atoms with van der Waals surface area (Å²) in [6.45, 7) is 8.52. The van der Waals surface area contributed by atoms with E-state index in [9.17, 15) is 8.42 Å². The van der Waals surface area contributed by atoms with E-state index >= 15 is 0 Å². The highest BCUT2D eigenvalue weighted by Crippen LogP contribution is 2.15. The van der Waals surface area contributed by atoms with Gasteiger partial charge in [-0.25, -0.2) is 17.7 Å². The molecule has 0 saturated carbocycles. The Kier molecular flexibility index (Phi) is 11.1.